The minimum absolute atomic E-state index is 0.777. The topological polar surface area (TPSA) is 21.3 Å². The van der Waals surface area contributed by atoms with Gasteiger partial charge in [-0.25, -0.2) is 0 Å². The number of hydrogen-bond acceptors (Lipinski definition) is 3. The second-order valence-electron chi connectivity index (χ2n) is 5.06. The van der Waals surface area contributed by atoms with Crippen molar-refractivity contribution in [3.05, 3.63) is 0 Å². The second kappa shape index (κ2) is 7.57. The predicted molar refractivity (Wildman–Crippen MR) is 71.1 cm³/mol. The molecule has 1 unspecified atom stereocenters. The van der Waals surface area contributed by atoms with Crippen molar-refractivity contribution in [3.8, 4) is 0 Å². The summed E-state index contributed by atoms with van der Waals surface area (Å²) in [4.78, 5) is 0. The van der Waals surface area contributed by atoms with Crippen molar-refractivity contribution in [1.29, 1.82) is 0 Å². The molecule has 1 aliphatic heterocycles. The van der Waals surface area contributed by atoms with Crippen LogP contribution in [-0.2, 0) is 4.74 Å². The van der Waals surface area contributed by atoms with Crippen molar-refractivity contribution in [2.45, 2.75) is 43.8 Å². The molecule has 2 aliphatic rings. The van der Waals surface area contributed by atoms with Gasteiger partial charge >= 0.3 is 0 Å². The van der Waals surface area contributed by atoms with Crippen LogP contribution in [0, 0.1) is 5.92 Å². The molecule has 0 aromatic carbocycles. The Morgan fingerprint density at radius 2 is 2.00 bits per heavy atom. The third-order valence-electron chi connectivity index (χ3n) is 3.64. The Morgan fingerprint density at radius 1 is 1.12 bits per heavy atom. The van der Waals surface area contributed by atoms with Gasteiger partial charge in [-0.15, -0.1) is 0 Å². The summed E-state index contributed by atoms with van der Waals surface area (Å²) in [7, 11) is 0. The summed E-state index contributed by atoms with van der Waals surface area (Å²) in [6, 6.07) is 0. The first kappa shape index (κ1) is 12.7. The van der Waals surface area contributed by atoms with E-state index in [1.165, 1.54) is 50.8 Å². The molecule has 1 atom stereocenters. The first-order valence-electron chi connectivity index (χ1n) is 6.85. The van der Waals surface area contributed by atoms with Crippen molar-refractivity contribution in [1.82, 2.24) is 5.32 Å². The van der Waals surface area contributed by atoms with E-state index in [0.717, 1.165) is 30.9 Å². The molecule has 94 valence electrons. The van der Waals surface area contributed by atoms with E-state index in [0.29, 0.717) is 0 Å². The normalized spacial score (nSPS) is 27.4. The van der Waals surface area contributed by atoms with Gasteiger partial charge in [0.2, 0.25) is 0 Å². The molecule has 0 amide bonds. The van der Waals surface area contributed by atoms with Gasteiger partial charge in [-0.3, -0.25) is 0 Å². The summed E-state index contributed by atoms with van der Waals surface area (Å²) < 4.78 is 5.36. The average molecular weight is 243 g/mol. The zero-order valence-corrected chi connectivity index (χ0v) is 11.1. The van der Waals surface area contributed by atoms with Crippen LogP contribution in [0.4, 0.5) is 0 Å². The number of nitrogens with one attached hydrogen (secondary N) is 1. The Labute approximate surface area is 104 Å². The minimum atomic E-state index is 0.777. The van der Waals surface area contributed by atoms with E-state index < -0.39 is 0 Å². The van der Waals surface area contributed by atoms with Crippen LogP contribution < -0.4 is 5.32 Å². The van der Waals surface area contributed by atoms with Crippen LogP contribution in [-0.4, -0.2) is 37.3 Å². The highest BCUT2D eigenvalue weighted by molar-refractivity contribution is 7.99. The molecule has 1 heterocycles. The van der Waals surface area contributed by atoms with E-state index in [-0.39, 0.29) is 0 Å². The summed E-state index contributed by atoms with van der Waals surface area (Å²) in [5.74, 6) is 2.07. The van der Waals surface area contributed by atoms with Crippen LogP contribution in [0.2, 0.25) is 0 Å². The van der Waals surface area contributed by atoms with Crippen LogP contribution in [0.3, 0.4) is 0 Å². The first-order valence-corrected chi connectivity index (χ1v) is 7.90. The van der Waals surface area contributed by atoms with Gasteiger partial charge in [-0.05, 0) is 25.2 Å². The van der Waals surface area contributed by atoms with E-state index in [2.05, 4.69) is 17.1 Å². The van der Waals surface area contributed by atoms with Gasteiger partial charge in [-0.2, -0.15) is 11.8 Å². The highest BCUT2D eigenvalue weighted by Crippen LogP contribution is 2.27. The lowest BCUT2D eigenvalue weighted by molar-refractivity contribution is 0.185. The van der Waals surface area contributed by atoms with Crippen LogP contribution in [0.15, 0.2) is 0 Å². The zero-order valence-electron chi connectivity index (χ0n) is 10.2. The third-order valence-corrected chi connectivity index (χ3v) is 5.02. The standard InChI is InChI=1S/C13H25NOS/c1-2-4-13(5-3-1)16-9-7-14-10-12-6-8-15-11-12/h12-14H,1-11H2. The van der Waals surface area contributed by atoms with Crippen LogP contribution in [0.5, 0.6) is 0 Å². The molecule has 2 nitrogen and oxygen atoms in total. The summed E-state index contributed by atoms with van der Waals surface area (Å²) in [5.41, 5.74) is 0. The molecule has 16 heavy (non-hydrogen) atoms. The fourth-order valence-corrected chi connectivity index (χ4v) is 3.84. The number of rotatable bonds is 6. The minimum Gasteiger partial charge on any atom is -0.381 e. The average Bonchev–Trinajstić information content (AvgIpc) is 2.83. The van der Waals surface area contributed by atoms with Gasteiger partial charge in [0.25, 0.3) is 0 Å². The number of ether oxygens (including phenoxy) is 1. The molecular weight excluding hydrogens is 218 g/mol. The van der Waals surface area contributed by atoms with Crippen molar-refractivity contribution < 1.29 is 4.74 Å². The lowest BCUT2D eigenvalue weighted by Crippen LogP contribution is -2.25. The van der Waals surface area contributed by atoms with E-state index in [4.69, 9.17) is 4.74 Å². The molecule has 1 aliphatic carbocycles. The molecule has 0 bridgehead atoms. The van der Waals surface area contributed by atoms with Gasteiger partial charge in [0.15, 0.2) is 0 Å². The molecule has 1 saturated heterocycles. The SMILES string of the molecule is C1CCC(SCCNCC2CCOC2)CC1. The summed E-state index contributed by atoms with van der Waals surface area (Å²) >= 11 is 2.19. The fraction of sp³-hybridized carbons (Fsp3) is 1.00. The first-order chi connectivity index (χ1) is 7.95. The lowest BCUT2D eigenvalue weighted by Gasteiger charge is -2.21. The summed E-state index contributed by atoms with van der Waals surface area (Å²) in [6.07, 6.45) is 8.57. The van der Waals surface area contributed by atoms with Crippen molar-refractivity contribution >= 4 is 11.8 Å². The monoisotopic (exact) mass is 243 g/mol. The third kappa shape index (κ3) is 4.64. The molecule has 0 aromatic rings. The van der Waals surface area contributed by atoms with Gasteiger partial charge in [0.1, 0.15) is 0 Å². The Bertz CT molecular complexity index is 177. The zero-order chi connectivity index (χ0) is 11.1. The maximum atomic E-state index is 5.36. The molecule has 1 N–H and O–H groups in total. The fourth-order valence-electron chi connectivity index (χ4n) is 2.58. The molecule has 2 rings (SSSR count). The molecule has 0 aromatic heterocycles. The van der Waals surface area contributed by atoms with Crippen molar-refractivity contribution in [3.63, 3.8) is 0 Å². The van der Waals surface area contributed by atoms with E-state index >= 15 is 0 Å². The molecule has 0 spiro atoms. The van der Waals surface area contributed by atoms with Gasteiger partial charge in [0.05, 0.1) is 6.61 Å². The van der Waals surface area contributed by atoms with Crippen molar-refractivity contribution in [2.24, 2.45) is 5.92 Å². The van der Waals surface area contributed by atoms with Gasteiger partial charge in [0, 0.05) is 30.7 Å². The Hall–Kier alpha value is 0.270. The molecule has 2 fully saturated rings. The maximum absolute atomic E-state index is 5.36. The van der Waals surface area contributed by atoms with Gasteiger partial charge < -0.3 is 10.1 Å². The van der Waals surface area contributed by atoms with E-state index in [9.17, 15) is 0 Å². The summed E-state index contributed by atoms with van der Waals surface area (Å²) in [6.45, 7) is 4.29. The number of hydrogen-bond donors (Lipinski definition) is 1. The lowest BCUT2D eigenvalue weighted by atomic mass is 10.0. The van der Waals surface area contributed by atoms with E-state index in [1.54, 1.807) is 0 Å². The van der Waals surface area contributed by atoms with Crippen LogP contribution in [0.25, 0.3) is 0 Å². The quantitative estimate of drug-likeness (QED) is 0.725. The highest BCUT2D eigenvalue weighted by Gasteiger charge is 2.15. The highest BCUT2D eigenvalue weighted by atomic mass is 32.2. The molecule has 1 saturated carbocycles. The van der Waals surface area contributed by atoms with Crippen molar-refractivity contribution in [2.75, 3.05) is 32.1 Å². The molecule has 0 radical (unpaired) electrons. The Kier molecular flexibility index (Phi) is 6.02. The van der Waals surface area contributed by atoms with E-state index in [1.807, 2.05) is 0 Å². The largest absolute Gasteiger partial charge is 0.381 e. The molecule has 3 heteroatoms. The molecular formula is C13H25NOS. The second-order valence-corrected chi connectivity index (χ2v) is 6.47. The maximum Gasteiger partial charge on any atom is 0.0507 e. The smallest absolute Gasteiger partial charge is 0.0507 e. The summed E-state index contributed by atoms with van der Waals surface area (Å²) in [5, 5.41) is 4.53. The Morgan fingerprint density at radius 3 is 2.75 bits per heavy atom. The Balaban J connectivity index is 1.42. The predicted octanol–water partition coefficient (Wildman–Crippen LogP) is 2.68. The van der Waals surface area contributed by atoms with Crippen LogP contribution >= 0.6 is 11.8 Å². The van der Waals surface area contributed by atoms with Gasteiger partial charge in [-0.1, -0.05) is 19.3 Å². The van der Waals surface area contributed by atoms with Crippen LogP contribution in [0.1, 0.15) is 38.5 Å². The number of thioether (sulfide) groups is 1.